The maximum absolute atomic E-state index is 13.5. The summed E-state index contributed by atoms with van der Waals surface area (Å²) in [6.45, 7) is 0.0678. The fourth-order valence-electron chi connectivity index (χ4n) is 4.50. The van der Waals surface area contributed by atoms with Crippen molar-refractivity contribution in [2.24, 2.45) is 12.1 Å². The molecule has 1 N–H and O–H groups in total. The summed E-state index contributed by atoms with van der Waals surface area (Å²) in [5, 5.41) is 18.1. The van der Waals surface area contributed by atoms with E-state index in [9.17, 15) is 9.59 Å². The molecule has 0 aliphatic carbocycles. The first-order valence-corrected chi connectivity index (χ1v) is 14.6. The molecule has 12 heteroatoms. The van der Waals surface area contributed by atoms with Crippen LogP contribution in [0, 0.1) is 0 Å². The molecule has 0 unspecified atom stereocenters. The van der Waals surface area contributed by atoms with Gasteiger partial charge in [0.25, 0.3) is 11.8 Å². The van der Waals surface area contributed by atoms with Crippen LogP contribution in [0.4, 0.5) is 0 Å². The number of ether oxygens (including phenoxy) is 3. The average molecular weight is 601 g/mol. The van der Waals surface area contributed by atoms with Crippen molar-refractivity contribution in [2.75, 3.05) is 26.6 Å². The molecule has 222 valence electrons. The van der Waals surface area contributed by atoms with Gasteiger partial charge in [-0.25, -0.2) is 5.01 Å². The largest absolute Gasteiger partial charge is 0.497 e. The standard InChI is InChI=1S/C31H32N6O5S/c1-36-28(18-32-29(38)19-42-25-7-5-4-6-8-25)33-34-31(36)43-20-30(39)37-27(22-11-15-24(41-3)16-12-22)17-26(35-37)21-9-13-23(40-2)14-10-21/h4-16,27H,17-20H2,1-3H3,(H,32,38)/t27-/m1/s1. The number of hydrogen-bond donors (Lipinski definition) is 1. The SMILES string of the molecule is COc1ccc(C2=NN(C(=O)CSc3nnc(CNC(=O)COc4ccccc4)n3C)[C@@H](c3ccc(OC)cc3)C2)cc1. The number of para-hydroxylation sites is 1. The molecule has 1 aliphatic heterocycles. The number of hydrazone groups is 1. The maximum atomic E-state index is 13.5. The molecule has 2 amide bonds. The number of rotatable bonds is 12. The summed E-state index contributed by atoms with van der Waals surface area (Å²) in [4.78, 5) is 25.8. The van der Waals surface area contributed by atoms with Crippen LogP contribution < -0.4 is 19.5 Å². The second kappa shape index (κ2) is 13.9. The van der Waals surface area contributed by atoms with E-state index < -0.39 is 0 Å². The van der Waals surface area contributed by atoms with Gasteiger partial charge < -0.3 is 24.1 Å². The molecule has 11 nitrogen and oxygen atoms in total. The molecular formula is C31H32N6O5S. The summed E-state index contributed by atoms with van der Waals surface area (Å²) in [6, 6.07) is 24.2. The Morgan fingerprint density at radius 1 is 0.907 bits per heavy atom. The van der Waals surface area contributed by atoms with Gasteiger partial charge in [0.15, 0.2) is 17.6 Å². The lowest BCUT2D eigenvalue weighted by Crippen LogP contribution is -2.29. The third-order valence-electron chi connectivity index (χ3n) is 6.90. The third kappa shape index (κ3) is 7.33. The summed E-state index contributed by atoms with van der Waals surface area (Å²) < 4.78 is 17.8. The zero-order chi connectivity index (χ0) is 30.2. The van der Waals surface area contributed by atoms with Crippen molar-refractivity contribution < 1.29 is 23.8 Å². The molecule has 1 aliphatic rings. The van der Waals surface area contributed by atoms with Crippen molar-refractivity contribution in [2.45, 2.75) is 24.2 Å². The Morgan fingerprint density at radius 2 is 1.58 bits per heavy atom. The van der Waals surface area contributed by atoms with Crippen molar-refractivity contribution in [3.05, 3.63) is 95.8 Å². The van der Waals surface area contributed by atoms with Gasteiger partial charge in [-0.05, 0) is 59.7 Å². The number of thioether (sulfide) groups is 1. The molecule has 1 atom stereocenters. The summed E-state index contributed by atoms with van der Waals surface area (Å²) in [5.41, 5.74) is 2.70. The predicted molar refractivity (Wildman–Crippen MR) is 162 cm³/mol. The predicted octanol–water partition coefficient (Wildman–Crippen LogP) is 4.00. The van der Waals surface area contributed by atoms with E-state index in [1.807, 2.05) is 66.7 Å². The smallest absolute Gasteiger partial charge is 0.258 e. The van der Waals surface area contributed by atoms with E-state index in [4.69, 9.17) is 19.3 Å². The quantitative estimate of drug-likeness (QED) is 0.243. The van der Waals surface area contributed by atoms with Gasteiger partial charge in [-0.1, -0.05) is 42.1 Å². The number of methoxy groups -OCH3 is 2. The highest BCUT2D eigenvalue weighted by Gasteiger charge is 2.33. The Labute approximate surface area is 253 Å². The Hall–Kier alpha value is -4.84. The van der Waals surface area contributed by atoms with Gasteiger partial charge in [0.1, 0.15) is 17.2 Å². The Balaban J connectivity index is 1.22. The fourth-order valence-corrected chi connectivity index (χ4v) is 5.28. The first kappa shape index (κ1) is 29.6. The number of aromatic nitrogens is 3. The Kier molecular flexibility index (Phi) is 9.57. The molecule has 0 radical (unpaired) electrons. The molecule has 0 spiro atoms. The van der Waals surface area contributed by atoms with Crippen molar-refractivity contribution >= 4 is 29.3 Å². The van der Waals surface area contributed by atoms with Crippen LogP contribution in [0.3, 0.4) is 0 Å². The minimum Gasteiger partial charge on any atom is -0.497 e. The molecule has 1 aromatic heterocycles. The van der Waals surface area contributed by atoms with Crippen LogP contribution in [0.1, 0.15) is 29.4 Å². The van der Waals surface area contributed by atoms with Gasteiger partial charge >= 0.3 is 0 Å². The molecule has 5 rings (SSSR count). The van der Waals surface area contributed by atoms with Crippen LogP contribution in [0.15, 0.2) is 89.1 Å². The van der Waals surface area contributed by atoms with E-state index in [1.165, 1.54) is 11.8 Å². The molecule has 0 fully saturated rings. The number of carbonyl (C=O) groups is 2. The molecular weight excluding hydrogens is 568 g/mol. The van der Waals surface area contributed by atoms with Gasteiger partial charge in [0.2, 0.25) is 0 Å². The number of nitrogens with zero attached hydrogens (tertiary/aromatic N) is 5. The lowest BCUT2D eigenvalue weighted by Gasteiger charge is -2.22. The van der Waals surface area contributed by atoms with E-state index in [0.717, 1.165) is 28.3 Å². The second-order valence-corrected chi connectivity index (χ2v) is 10.6. The topological polar surface area (TPSA) is 120 Å². The third-order valence-corrected chi connectivity index (χ3v) is 7.90. The summed E-state index contributed by atoms with van der Waals surface area (Å²) in [7, 11) is 5.04. The van der Waals surface area contributed by atoms with E-state index in [1.54, 1.807) is 43.0 Å². The highest BCUT2D eigenvalue weighted by molar-refractivity contribution is 7.99. The van der Waals surface area contributed by atoms with Gasteiger partial charge in [0, 0.05) is 13.5 Å². The molecule has 43 heavy (non-hydrogen) atoms. The van der Waals surface area contributed by atoms with Gasteiger partial charge in [0.05, 0.1) is 38.3 Å². The van der Waals surface area contributed by atoms with E-state index in [2.05, 4.69) is 15.5 Å². The molecule has 0 saturated carbocycles. The van der Waals surface area contributed by atoms with Crippen LogP contribution in [0.2, 0.25) is 0 Å². The second-order valence-electron chi connectivity index (χ2n) is 9.63. The minimum absolute atomic E-state index is 0.106. The minimum atomic E-state index is -0.277. The van der Waals surface area contributed by atoms with Crippen molar-refractivity contribution in [3.63, 3.8) is 0 Å². The number of amides is 2. The van der Waals surface area contributed by atoms with Crippen LogP contribution in [0.5, 0.6) is 17.2 Å². The van der Waals surface area contributed by atoms with Crippen LogP contribution >= 0.6 is 11.8 Å². The molecule has 0 bridgehead atoms. The van der Waals surface area contributed by atoms with E-state index >= 15 is 0 Å². The van der Waals surface area contributed by atoms with E-state index in [-0.39, 0.29) is 36.8 Å². The van der Waals surface area contributed by atoms with Crippen LogP contribution in [0.25, 0.3) is 0 Å². The molecule has 0 saturated heterocycles. The lowest BCUT2D eigenvalue weighted by atomic mass is 9.98. The highest BCUT2D eigenvalue weighted by Crippen LogP contribution is 2.34. The normalized spacial score (nSPS) is 14.3. The molecule has 4 aromatic rings. The van der Waals surface area contributed by atoms with Crippen LogP contribution in [-0.4, -0.2) is 63.9 Å². The van der Waals surface area contributed by atoms with Crippen molar-refractivity contribution in [1.82, 2.24) is 25.1 Å². The van der Waals surface area contributed by atoms with Gasteiger partial charge in [-0.15, -0.1) is 10.2 Å². The number of benzene rings is 3. The van der Waals surface area contributed by atoms with Crippen molar-refractivity contribution in [3.8, 4) is 17.2 Å². The van der Waals surface area contributed by atoms with Crippen LogP contribution in [-0.2, 0) is 23.2 Å². The summed E-state index contributed by atoms with van der Waals surface area (Å²) >= 11 is 1.26. The summed E-state index contributed by atoms with van der Waals surface area (Å²) in [6.07, 6.45) is 0.566. The monoisotopic (exact) mass is 600 g/mol. The summed E-state index contributed by atoms with van der Waals surface area (Å²) in [5.74, 6) is 2.33. The van der Waals surface area contributed by atoms with Gasteiger partial charge in [-0.3, -0.25) is 9.59 Å². The molecule has 3 aromatic carbocycles. The zero-order valence-corrected chi connectivity index (χ0v) is 24.9. The van der Waals surface area contributed by atoms with Crippen molar-refractivity contribution in [1.29, 1.82) is 0 Å². The Bertz CT molecular complexity index is 1570. The average Bonchev–Trinajstić information content (AvgIpc) is 3.66. The number of carbonyl (C=O) groups excluding carboxylic acids is 2. The van der Waals surface area contributed by atoms with E-state index in [0.29, 0.717) is 23.2 Å². The highest BCUT2D eigenvalue weighted by atomic mass is 32.2. The zero-order valence-electron chi connectivity index (χ0n) is 24.1. The van der Waals surface area contributed by atoms with Gasteiger partial charge in [-0.2, -0.15) is 5.10 Å². The maximum Gasteiger partial charge on any atom is 0.258 e. The first-order valence-electron chi connectivity index (χ1n) is 13.6. The fraction of sp³-hybridized carbons (Fsp3) is 0.258. The number of hydrogen-bond acceptors (Lipinski definition) is 9. The Morgan fingerprint density at radius 3 is 2.26 bits per heavy atom. The lowest BCUT2D eigenvalue weighted by molar-refractivity contribution is -0.130. The first-order chi connectivity index (χ1) is 20.9. The number of nitrogens with one attached hydrogen (secondary N) is 1. The molecule has 2 heterocycles.